The Bertz CT molecular complexity index is 468. The molecule has 2 atom stereocenters. The molecule has 1 aromatic rings. The number of rotatable bonds is 5. The van der Waals surface area contributed by atoms with Crippen LogP contribution in [-0.2, 0) is 6.54 Å². The van der Waals surface area contributed by atoms with Crippen molar-refractivity contribution < 1.29 is 4.52 Å². The normalized spacial score (nSPS) is 27.0. The van der Waals surface area contributed by atoms with Crippen molar-refractivity contribution in [1.29, 1.82) is 0 Å². The van der Waals surface area contributed by atoms with Gasteiger partial charge in [0, 0.05) is 37.3 Å². The molecular weight excluding hydrogens is 266 g/mol. The van der Waals surface area contributed by atoms with Gasteiger partial charge in [0.05, 0.1) is 6.54 Å². The molecule has 1 saturated heterocycles. The monoisotopic (exact) mass is 291 g/mol. The lowest BCUT2D eigenvalue weighted by Crippen LogP contribution is -2.44. The molecule has 1 saturated carbocycles. The fourth-order valence-electron chi connectivity index (χ4n) is 3.07. The molecule has 1 aliphatic heterocycles. The topological polar surface area (TPSA) is 65.7 Å². The number of guanidine groups is 1. The third-order valence-corrected chi connectivity index (χ3v) is 4.21. The van der Waals surface area contributed by atoms with Crippen molar-refractivity contribution in [1.82, 2.24) is 20.7 Å². The number of likely N-dealkylation sites (tertiary alicyclic amines) is 1. The molecule has 2 aliphatic rings. The van der Waals surface area contributed by atoms with Gasteiger partial charge in [-0.05, 0) is 33.1 Å². The SMILES string of the molecule is CCNC(=NCc1ccon1)NC1CC(C)N(C2CC2)C1. The Kier molecular flexibility index (Phi) is 4.43. The molecule has 1 aliphatic carbocycles. The number of aromatic nitrogens is 1. The van der Waals surface area contributed by atoms with Crippen LogP contribution in [0.4, 0.5) is 0 Å². The summed E-state index contributed by atoms with van der Waals surface area (Å²) in [5, 5.41) is 10.8. The van der Waals surface area contributed by atoms with Crippen LogP contribution < -0.4 is 10.6 Å². The van der Waals surface area contributed by atoms with E-state index in [0.717, 1.165) is 30.8 Å². The van der Waals surface area contributed by atoms with Gasteiger partial charge in [0.15, 0.2) is 5.96 Å². The summed E-state index contributed by atoms with van der Waals surface area (Å²) in [6, 6.07) is 3.84. The quantitative estimate of drug-likeness (QED) is 0.633. The van der Waals surface area contributed by atoms with E-state index in [1.165, 1.54) is 19.3 Å². The number of nitrogens with zero attached hydrogens (tertiary/aromatic N) is 3. The van der Waals surface area contributed by atoms with E-state index in [1.807, 2.05) is 6.07 Å². The maximum absolute atomic E-state index is 4.83. The molecule has 2 unspecified atom stereocenters. The van der Waals surface area contributed by atoms with Crippen LogP contribution in [0.2, 0.25) is 0 Å². The highest BCUT2D eigenvalue weighted by Gasteiger charge is 2.38. The van der Waals surface area contributed by atoms with Gasteiger partial charge >= 0.3 is 0 Å². The summed E-state index contributed by atoms with van der Waals surface area (Å²) in [5.74, 6) is 0.871. The van der Waals surface area contributed by atoms with E-state index in [2.05, 4.69) is 39.5 Å². The molecule has 2 N–H and O–H groups in total. The van der Waals surface area contributed by atoms with Gasteiger partial charge < -0.3 is 15.2 Å². The molecule has 0 spiro atoms. The Morgan fingerprint density at radius 1 is 1.52 bits per heavy atom. The van der Waals surface area contributed by atoms with Crippen LogP contribution in [0, 0.1) is 0 Å². The summed E-state index contributed by atoms with van der Waals surface area (Å²) >= 11 is 0. The Morgan fingerprint density at radius 3 is 3.05 bits per heavy atom. The molecule has 1 aromatic heterocycles. The molecule has 6 heteroatoms. The largest absolute Gasteiger partial charge is 0.364 e. The molecule has 3 rings (SSSR count). The van der Waals surface area contributed by atoms with E-state index in [9.17, 15) is 0 Å². The third kappa shape index (κ3) is 3.75. The second-order valence-corrected chi connectivity index (χ2v) is 6.04. The summed E-state index contributed by atoms with van der Waals surface area (Å²) in [5.41, 5.74) is 0.853. The summed E-state index contributed by atoms with van der Waals surface area (Å²) < 4.78 is 4.83. The third-order valence-electron chi connectivity index (χ3n) is 4.21. The molecule has 0 amide bonds. The van der Waals surface area contributed by atoms with Crippen molar-refractivity contribution in [2.24, 2.45) is 4.99 Å². The first-order chi connectivity index (χ1) is 10.3. The Hall–Kier alpha value is -1.56. The van der Waals surface area contributed by atoms with Gasteiger partial charge in [-0.1, -0.05) is 5.16 Å². The van der Waals surface area contributed by atoms with E-state index < -0.39 is 0 Å². The number of hydrogen-bond acceptors (Lipinski definition) is 4. The molecule has 2 heterocycles. The fourth-order valence-corrected chi connectivity index (χ4v) is 3.07. The zero-order valence-electron chi connectivity index (χ0n) is 12.9. The van der Waals surface area contributed by atoms with Gasteiger partial charge in [-0.25, -0.2) is 4.99 Å². The number of aliphatic imine (C=N–C) groups is 1. The minimum absolute atomic E-state index is 0.482. The number of nitrogens with one attached hydrogen (secondary N) is 2. The number of hydrogen-bond donors (Lipinski definition) is 2. The van der Waals surface area contributed by atoms with Gasteiger partial charge in [-0.2, -0.15) is 0 Å². The molecule has 116 valence electrons. The highest BCUT2D eigenvalue weighted by Crippen LogP contribution is 2.33. The van der Waals surface area contributed by atoms with E-state index in [0.29, 0.717) is 18.6 Å². The molecule has 6 nitrogen and oxygen atoms in total. The van der Waals surface area contributed by atoms with Crippen molar-refractivity contribution in [2.75, 3.05) is 13.1 Å². The van der Waals surface area contributed by atoms with Crippen molar-refractivity contribution >= 4 is 5.96 Å². The zero-order chi connectivity index (χ0) is 14.7. The minimum Gasteiger partial charge on any atom is -0.364 e. The summed E-state index contributed by atoms with van der Waals surface area (Å²) in [6.45, 7) is 6.94. The van der Waals surface area contributed by atoms with E-state index in [-0.39, 0.29) is 0 Å². The maximum Gasteiger partial charge on any atom is 0.191 e. The van der Waals surface area contributed by atoms with Gasteiger partial charge in [0.2, 0.25) is 0 Å². The van der Waals surface area contributed by atoms with Crippen LogP contribution in [0.15, 0.2) is 21.8 Å². The second kappa shape index (κ2) is 6.47. The predicted octanol–water partition coefficient (Wildman–Crippen LogP) is 1.35. The first-order valence-electron chi connectivity index (χ1n) is 7.96. The van der Waals surface area contributed by atoms with E-state index in [1.54, 1.807) is 6.26 Å². The molecule has 0 bridgehead atoms. The van der Waals surface area contributed by atoms with Gasteiger partial charge in [0.1, 0.15) is 12.0 Å². The smallest absolute Gasteiger partial charge is 0.191 e. The van der Waals surface area contributed by atoms with Crippen LogP contribution >= 0.6 is 0 Å². The molecule has 21 heavy (non-hydrogen) atoms. The standard InChI is InChI=1S/C15H25N5O/c1-3-16-15(17-9-12-6-7-21-19-12)18-13-8-11(2)20(10-13)14-4-5-14/h6-7,11,13-14H,3-5,8-10H2,1-2H3,(H2,16,17,18). The Morgan fingerprint density at radius 2 is 2.38 bits per heavy atom. The van der Waals surface area contributed by atoms with Gasteiger partial charge in [0.25, 0.3) is 0 Å². The Labute approximate surface area is 126 Å². The average Bonchev–Trinajstić information content (AvgIpc) is 3.04. The van der Waals surface area contributed by atoms with Gasteiger partial charge in [-0.15, -0.1) is 0 Å². The maximum atomic E-state index is 4.83. The van der Waals surface area contributed by atoms with E-state index in [4.69, 9.17) is 4.52 Å². The lowest BCUT2D eigenvalue weighted by molar-refractivity contribution is 0.256. The van der Waals surface area contributed by atoms with Gasteiger partial charge in [-0.3, -0.25) is 4.90 Å². The van der Waals surface area contributed by atoms with Crippen molar-refractivity contribution in [3.8, 4) is 0 Å². The van der Waals surface area contributed by atoms with E-state index >= 15 is 0 Å². The Balaban J connectivity index is 1.55. The summed E-state index contributed by atoms with van der Waals surface area (Å²) in [7, 11) is 0. The van der Waals surface area contributed by atoms with Crippen molar-refractivity contribution in [3.63, 3.8) is 0 Å². The van der Waals surface area contributed by atoms with Crippen molar-refractivity contribution in [2.45, 2.75) is 57.8 Å². The van der Waals surface area contributed by atoms with Crippen LogP contribution in [-0.4, -0.2) is 47.2 Å². The first kappa shape index (κ1) is 14.4. The fraction of sp³-hybridized carbons (Fsp3) is 0.733. The summed E-state index contributed by atoms with van der Waals surface area (Å²) in [4.78, 5) is 7.22. The molecule has 2 fully saturated rings. The lowest BCUT2D eigenvalue weighted by Gasteiger charge is -2.20. The van der Waals surface area contributed by atoms with Crippen LogP contribution in [0.1, 0.15) is 38.8 Å². The highest BCUT2D eigenvalue weighted by atomic mass is 16.5. The van der Waals surface area contributed by atoms with Crippen LogP contribution in [0.5, 0.6) is 0 Å². The zero-order valence-corrected chi connectivity index (χ0v) is 12.9. The first-order valence-corrected chi connectivity index (χ1v) is 7.96. The highest BCUT2D eigenvalue weighted by molar-refractivity contribution is 5.80. The lowest BCUT2D eigenvalue weighted by atomic mass is 10.2. The average molecular weight is 291 g/mol. The minimum atomic E-state index is 0.482. The molecular formula is C15H25N5O. The van der Waals surface area contributed by atoms with Crippen LogP contribution in [0.3, 0.4) is 0 Å². The molecule has 0 radical (unpaired) electrons. The summed E-state index contributed by atoms with van der Waals surface area (Å²) in [6.07, 6.45) is 5.51. The predicted molar refractivity (Wildman–Crippen MR) is 82.0 cm³/mol. The van der Waals surface area contributed by atoms with Crippen molar-refractivity contribution in [3.05, 3.63) is 18.0 Å². The molecule has 0 aromatic carbocycles. The van der Waals surface area contributed by atoms with Crippen LogP contribution in [0.25, 0.3) is 0 Å². The second-order valence-electron chi connectivity index (χ2n) is 6.04.